The van der Waals surface area contributed by atoms with Gasteiger partial charge in [0, 0.05) is 42.4 Å². The number of hydrogen-bond acceptors (Lipinski definition) is 3. The number of carbonyl (C=O) groups excluding carboxylic acids is 1. The minimum Gasteiger partial charge on any atom is -0.463 e. The molecule has 4 nitrogen and oxygen atoms in total. The number of para-hydroxylation sites is 1. The third-order valence-corrected chi connectivity index (χ3v) is 6.01. The second-order valence-corrected chi connectivity index (χ2v) is 7.91. The summed E-state index contributed by atoms with van der Waals surface area (Å²) in [6.45, 7) is 7.13. The minimum absolute atomic E-state index is 0.154. The van der Waals surface area contributed by atoms with E-state index in [0.717, 1.165) is 50.2 Å². The van der Waals surface area contributed by atoms with Crippen LogP contribution in [0.3, 0.4) is 0 Å². The average molecular weight is 403 g/mol. The maximum Gasteiger partial charge on any atom is 0.335 e. The van der Waals surface area contributed by atoms with Gasteiger partial charge in [-0.2, -0.15) is 0 Å². The van der Waals surface area contributed by atoms with Crippen LogP contribution in [-0.2, 0) is 22.5 Å². The molecule has 0 spiro atoms. The molecule has 0 atom stereocenters. The lowest BCUT2D eigenvalue weighted by Gasteiger charge is -2.31. The summed E-state index contributed by atoms with van der Waals surface area (Å²) in [5.41, 5.74) is 5.85. The van der Waals surface area contributed by atoms with Gasteiger partial charge in [-0.1, -0.05) is 48.5 Å². The van der Waals surface area contributed by atoms with Gasteiger partial charge in [0.2, 0.25) is 0 Å². The molecule has 30 heavy (non-hydrogen) atoms. The normalized spacial score (nSPS) is 14.4. The predicted molar refractivity (Wildman–Crippen MR) is 121 cm³/mol. The number of aromatic nitrogens is 1. The summed E-state index contributed by atoms with van der Waals surface area (Å²) in [5, 5.41) is 1.32. The van der Waals surface area contributed by atoms with Gasteiger partial charge < -0.3 is 14.2 Å². The van der Waals surface area contributed by atoms with Crippen LogP contribution in [0.4, 0.5) is 0 Å². The van der Waals surface area contributed by atoms with Crippen LogP contribution in [0.2, 0.25) is 0 Å². The quantitative estimate of drug-likeness (QED) is 0.512. The lowest BCUT2D eigenvalue weighted by Crippen LogP contribution is -2.31. The van der Waals surface area contributed by atoms with Crippen molar-refractivity contribution in [1.82, 2.24) is 9.47 Å². The van der Waals surface area contributed by atoms with Gasteiger partial charge >= 0.3 is 5.97 Å². The summed E-state index contributed by atoms with van der Waals surface area (Å²) in [6.07, 6.45) is 5.07. The average Bonchev–Trinajstić information content (AvgIpc) is 3.11. The van der Waals surface area contributed by atoms with E-state index < -0.39 is 0 Å². The highest BCUT2D eigenvalue weighted by atomic mass is 16.5. The van der Waals surface area contributed by atoms with E-state index in [-0.39, 0.29) is 5.97 Å². The fraction of sp³-hybridized carbons (Fsp3) is 0.346. The topological polar surface area (TPSA) is 34.5 Å². The minimum atomic E-state index is -0.154. The Balaban J connectivity index is 1.54. The van der Waals surface area contributed by atoms with Crippen molar-refractivity contribution in [2.24, 2.45) is 0 Å². The van der Waals surface area contributed by atoms with Gasteiger partial charge in [-0.05, 0) is 50.3 Å². The van der Waals surface area contributed by atoms with Crippen molar-refractivity contribution in [2.45, 2.75) is 39.7 Å². The van der Waals surface area contributed by atoms with Crippen LogP contribution in [-0.4, -0.2) is 35.1 Å². The molecule has 0 N–H and O–H groups in total. The van der Waals surface area contributed by atoms with E-state index in [1.807, 2.05) is 6.92 Å². The first-order valence-corrected chi connectivity index (χ1v) is 10.9. The Morgan fingerprint density at radius 2 is 1.83 bits per heavy atom. The number of benzene rings is 2. The first-order chi connectivity index (χ1) is 14.7. The second kappa shape index (κ2) is 9.21. The fourth-order valence-electron chi connectivity index (χ4n) is 4.42. The van der Waals surface area contributed by atoms with Crippen molar-refractivity contribution < 1.29 is 9.53 Å². The molecule has 0 amide bonds. The van der Waals surface area contributed by atoms with Gasteiger partial charge in [0.15, 0.2) is 0 Å². The highest BCUT2D eigenvalue weighted by molar-refractivity contribution is 5.89. The zero-order valence-corrected chi connectivity index (χ0v) is 17.9. The van der Waals surface area contributed by atoms with E-state index >= 15 is 0 Å². The summed E-state index contributed by atoms with van der Waals surface area (Å²) in [4.78, 5) is 14.6. The second-order valence-electron chi connectivity index (χ2n) is 7.91. The largest absolute Gasteiger partial charge is 0.463 e. The van der Waals surface area contributed by atoms with Crippen LogP contribution < -0.4 is 0 Å². The first-order valence-electron chi connectivity index (χ1n) is 10.9. The van der Waals surface area contributed by atoms with Crippen LogP contribution in [0.25, 0.3) is 10.9 Å². The standard InChI is InChI=1S/C26H30N2O2/c1-3-30-26(29)23-13-9-16-27(20(23)2)17-15-22-19-28(18-21-10-5-4-6-11-21)25-14-8-7-12-24(22)25/h4-8,10-12,14,19H,3,9,13,15-18H2,1-2H3. The van der Waals surface area contributed by atoms with Crippen LogP contribution in [0, 0.1) is 0 Å². The number of rotatable bonds is 7. The molecule has 0 radical (unpaired) electrons. The highest BCUT2D eigenvalue weighted by Gasteiger charge is 2.22. The van der Waals surface area contributed by atoms with Crippen LogP contribution in [0.5, 0.6) is 0 Å². The van der Waals surface area contributed by atoms with E-state index in [1.165, 1.54) is 22.0 Å². The number of allylic oxidation sites excluding steroid dienone is 1. The number of esters is 1. The van der Waals surface area contributed by atoms with Gasteiger partial charge in [0.25, 0.3) is 0 Å². The molecule has 4 rings (SSSR count). The maximum absolute atomic E-state index is 12.3. The van der Waals surface area contributed by atoms with E-state index in [4.69, 9.17) is 4.74 Å². The molecule has 2 aromatic carbocycles. The Bertz CT molecular complexity index is 1050. The lowest BCUT2D eigenvalue weighted by atomic mass is 10.0. The Kier molecular flexibility index (Phi) is 6.22. The number of hydrogen-bond donors (Lipinski definition) is 0. The SMILES string of the molecule is CCOC(=O)C1=C(C)N(CCc2cn(Cc3ccccc3)c3ccccc23)CCC1. The Morgan fingerprint density at radius 3 is 2.63 bits per heavy atom. The number of nitrogens with zero attached hydrogens (tertiary/aromatic N) is 2. The molecule has 4 heteroatoms. The molecule has 156 valence electrons. The van der Waals surface area contributed by atoms with Gasteiger partial charge in [0.05, 0.1) is 12.2 Å². The summed E-state index contributed by atoms with van der Waals surface area (Å²) in [6, 6.07) is 19.2. The van der Waals surface area contributed by atoms with Crippen molar-refractivity contribution in [3.05, 3.63) is 83.2 Å². The number of carbonyl (C=O) groups is 1. The summed E-state index contributed by atoms with van der Waals surface area (Å²) in [7, 11) is 0. The first kappa shape index (κ1) is 20.3. The Morgan fingerprint density at radius 1 is 1.07 bits per heavy atom. The van der Waals surface area contributed by atoms with E-state index in [1.54, 1.807) is 0 Å². The third kappa shape index (κ3) is 4.28. The van der Waals surface area contributed by atoms with Gasteiger partial charge in [-0.3, -0.25) is 0 Å². The van der Waals surface area contributed by atoms with E-state index in [0.29, 0.717) is 6.61 Å². The van der Waals surface area contributed by atoms with E-state index in [2.05, 4.69) is 77.2 Å². The number of fused-ring (bicyclic) bond motifs is 1. The molecule has 0 saturated carbocycles. The molecule has 0 bridgehead atoms. The fourth-order valence-corrected chi connectivity index (χ4v) is 4.42. The Hall–Kier alpha value is -3.01. The zero-order valence-electron chi connectivity index (χ0n) is 17.9. The van der Waals surface area contributed by atoms with Crippen LogP contribution >= 0.6 is 0 Å². The van der Waals surface area contributed by atoms with Crippen LogP contribution in [0.1, 0.15) is 37.8 Å². The molecular weight excluding hydrogens is 372 g/mol. The van der Waals surface area contributed by atoms with Crippen molar-refractivity contribution in [3.63, 3.8) is 0 Å². The zero-order chi connectivity index (χ0) is 20.9. The summed E-state index contributed by atoms with van der Waals surface area (Å²) < 4.78 is 7.60. The smallest absolute Gasteiger partial charge is 0.335 e. The van der Waals surface area contributed by atoms with Crippen molar-refractivity contribution in [1.29, 1.82) is 0 Å². The Labute approximate surface area is 178 Å². The van der Waals surface area contributed by atoms with Crippen molar-refractivity contribution in [2.75, 3.05) is 19.7 Å². The maximum atomic E-state index is 12.3. The molecular formula is C26H30N2O2. The third-order valence-electron chi connectivity index (χ3n) is 6.01. The van der Waals surface area contributed by atoms with Gasteiger partial charge in [0.1, 0.15) is 0 Å². The molecule has 0 aliphatic carbocycles. The monoisotopic (exact) mass is 402 g/mol. The predicted octanol–water partition coefficient (Wildman–Crippen LogP) is 5.17. The van der Waals surface area contributed by atoms with Gasteiger partial charge in [-0.25, -0.2) is 4.79 Å². The lowest BCUT2D eigenvalue weighted by molar-refractivity contribution is -0.139. The summed E-state index contributed by atoms with van der Waals surface area (Å²) in [5.74, 6) is -0.154. The van der Waals surface area contributed by atoms with Gasteiger partial charge in [-0.15, -0.1) is 0 Å². The molecule has 0 saturated heterocycles. The highest BCUT2D eigenvalue weighted by Crippen LogP contribution is 2.26. The van der Waals surface area contributed by atoms with Crippen LogP contribution in [0.15, 0.2) is 72.1 Å². The molecule has 2 heterocycles. The molecule has 0 unspecified atom stereocenters. The van der Waals surface area contributed by atoms with Crippen molar-refractivity contribution in [3.8, 4) is 0 Å². The summed E-state index contributed by atoms with van der Waals surface area (Å²) >= 11 is 0. The molecule has 1 aliphatic rings. The molecule has 0 fully saturated rings. The van der Waals surface area contributed by atoms with Crippen molar-refractivity contribution >= 4 is 16.9 Å². The number of ether oxygens (including phenoxy) is 1. The molecule has 1 aromatic heterocycles. The van der Waals surface area contributed by atoms with E-state index in [9.17, 15) is 4.79 Å². The molecule has 1 aliphatic heterocycles. The molecule has 3 aromatic rings.